The van der Waals surface area contributed by atoms with Gasteiger partial charge in [0.25, 0.3) is 5.91 Å². The predicted molar refractivity (Wildman–Crippen MR) is 78.9 cm³/mol. The van der Waals surface area contributed by atoms with Crippen LogP contribution >= 0.6 is 0 Å². The number of hydrogen-bond acceptors (Lipinski definition) is 4. The number of primary amides is 1. The average molecular weight is 305 g/mol. The van der Waals surface area contributed by atoms with Gasteiger partial charge in [0.1, 0.15) is 11.8 Å². The van der Waals surface area contributed by atoms with Gasteiger partial charge in [0.2, 0.25) is 11.8 Å². The molecular formula is C15H19N3O4. The van der Waals surface area contributed by atoms with Crippen LogP contribution in [0.4, 0.5) is 0 Å². The molecule has 2 N–H and O–H groups in total. The van der Waals surface area contributed by atoms with Gasteiger partial charge in [-0.05, 0) is 12.1 Å². The summed E-state index contributed by atoms with van der Waals surface area (Å²) in [5.41, 5.74) is 5.35. The molecule has 1 aromatic carbocycles. The smallest absolute Gasteiger partial charge is 0.261 e. The van der Waals surface area contributed by atoms with Crippen LogP contribution < -0.4 is 10.5 Å². The minimum absolute atomic E-state index is 0.127. The zero-order valence-corrected chi connectivity index (χ0v) is 12.4. The van der Waals surface area contributed by atoms with Gasteiger partial charge in [-0.3, -0.25) is 14.4 Å². The molecule has 0 radical (unpaired) electrons. The number of rotatable bonds is 4. The number of piperazine rings is 1. The molecule has 22 heavy (non-hydrogen) atoms. The van der Waals surface area contributed by atoms with Crippen molar-refractivity contribution in [1.82, 2.24) is 9.80 Å². The summed E-state index contributed by atoms with van der Waals surface area (Å²) in [6.45, 7) is 2.03. The molecule has 0 spiro atoms. The third kappa shape index (κ3) is 3.75. The number of nitrogens with two attached hydrogens (primary N) is 1. The van der Waals surface area contributed by atoms with Gasteiger partial charge in [0, 0.05) is 20.0 Å². The number of nitrogens with zero attached hydrogens (tertiary/aromatic N) is 2. The summed E-state index contributed by atoms with van der Waals surface area (Å²) in [4.78, 5) is 38.1. The highest BCUT2D eigenvalue weighted by Crippen LogP contribution is 2.12. The Morgan fingerprint density at radius 3 is 2.50 bits per heavy atom. The predicted octanol–water partition coefficient (Wildman–Crippen LogP) is -0.390. The maximum absolute atomic E-state index is 12.3. The van der Waals surface area contributed by atoms with E-state index in [1.165, 1.54) is 16.7 Å². The summed E-state index contributed by atoms with van der Waals surface area (Å²) in [6, 6.07) is 8.12. The van der Waals surface area contributed by atoms with Crippen LogP contribution in [0.5, 0.6) is 5.75 Å². The lowest BCUT2D eigenvalue weighted by Gasteiger charge is -2.39. The second-order valence-electron chi connectivity index (χ2n) is 5.07. The first-order valence-electron chi connectivity index (χ1n) is 7.01. The van der Waals surface area contributed by atoms with E-state index < -0.39 is 11.9 Å². The van der Waals surface area contributed by atoms with Crippen molar-refractivity contribution in [3.63, 3.8) is 0 Å². The Kier molecular flexibility index (Phi) is 4.98. The Balaban J connectivity index is 1.98. The molecule has 118 valence electrons. The van der Waals surface area contributed by atoms with E-state index in [2.05, 4.69) is 0 Å². The zero-order chi connectivity index (χ0) is 16.1. The summed E-state index contributed by atoms with van der Waals surface area (Å²) in [7, 11) is 0. The second kappa shape index (κ2) is 6.93. The van der Waals surface area contributed by atoms with Crippen molar-refractivity contribution in [2.24, 2.45) is 5.73 Å². The van der Waals surface area contributed by atoms with Crippen LogP contribution in [0.3, 0.4) is 0 Å². The molecule has 1 aromatic rings. The minimum Gasteiger partial charge on any atom is -0.484 e. The van der Waals surface area contributed by atoms with E-state index in [0.717, 1.165) is 0 Å². The third-order valence-corrected chi connectivity index (χ3v) is 3.58. The fourth-order valence-electron chi connectivity index (χ4n) is 2.36. The van der Waals surface area contributed by atoms with Crippen molar-refractivity contribution < 1.29 is 19.1 Å². The largest absolute Gasteiger partial charge is 0.484 e. The van der Waals surface area contributed by atoms with E-state index in [0.29, 0.717) is 12.3 Å². The highest BCUT2D eigenvalue weighted by atomic mass is 16.5. The van der Waals surface area contributed by atoms with E-state index in [4.69, 9.17) is 10.5 Å². The van der Waals surface area contributed by atoms with Crippen LogP contribution in [0.25, 0.3) is 0 Å². The highest BCUT2D eigenvalue weighted by molar-refractivity contribution is 5.88. The normalized spacial score (nSPS) is 18.0. The second-order valence-corrected chi connectivity index (χ2v) is 5.07. The molecule has 0 aromatic heterocycles. The first-order valence-corrected chi connectivity index (χ1v) is 7.01. The molecule has 1 atom stereocenters. The molecule has 1 aliphatic rings. The molecule has 2 rings (SSSR count). The first kappa shape index (κ1) is 15.8. The highest BCUT2D eigenvalue weighted by Gasteiger charge is 2.35. The first-order chi connectivity index (χ1) is 10.5. The maximum atomic E-state index is 12.3. The Hall–Kier alpha value is -2.57. The molecule has 1 saturated heterocycles. The van der Waals surface area contributed by atoms with E-state index in [9.17, 15) is 14.4 Å². The Bertz CT molecular complexity index is 561. The number of hydrogen-bond donors (Lipinski definition) is 1. The number of carbonyl (C=O) groups is 3. The molecule has 7 nitrogen and oxygen atoms in total. The summed E-state index contributed by atoms with van der Waals surface area (Å²) in [5.74, 6) is -0.511. The lowest BCUT2D eigenvalue weighted by molar-refractivity contribution is -0.148. The van der Waals surface area contributed by atoms with Crippen molar-refractivity contribution >= 4 is 17.7 Å². The van der Waals surface area contributed by atoms with Crippen LogP contribution in [0.15, 0.2) is 30.3 Å². The third-order valence-electron chi connectivity index (χ3n) is 3.58. The van der Waals surface area contributed by atoms with Crippen molar-refractivity contribution in [3.8, 4) is 5.75 Å². The van der Waals surface area contributed by atoms with Gasteiger partial charge in [0.05, 0.1) is 6.54 Å². The Labute approximate surface area is 128 Å². The standard InChI is InChI=1S/C15H19N3O4/c1-11(19)17-7-8-18(13(9-17)15(16)21)14(20)10-22-12-5-3-2-4-6-12/h2-6,13H,7-10H2,1H3,(H2,16,21). The van der Waals surface area contributed by atoms with Crippen molar-refractivity contribution in [2.45, 2.75) is 13.0 Å². The molecule has 1 unspecified atom stereocenters. The van der Waals surface area contributed by atoms with Crippen molar-refractivity contribution in [3.05, 3.63) is 30.3 Å². The molecule has 1 fully saturated rings. The van der Waals surface area contributed by atoms with Gasteiger partial charge in [-0.2, -0.15) is 0 Å². The van der Waals surface area contributed by atoms with Gasteiger partial charge >= 0.3 is 0 Å². The van der Waals surface area contributed by atoms with Gasteiger partial charge in [-0.15, -0.1) is 0 Å². The van der Waals surface area contributed by atoms with E-state index in [-0.39, 0.29) is 31.5 Å². The number of amides is 3. The Morgan fingerprint density at radius 2 is 1.91 bits per heavy atom. The minimum atomic E-state index is -0.815. The van der Waals surface area contributed by atoms with Crippen molar-refractivity contribution in [1.29, 1.82) is 0 Å². The molecule has 3 amide bonds. The molecule has 7 heteroatoms. The van der Waals surface area contributed by atoms with Crippen molar-refractivity contribution in [2.75, 3.05) is 26.2 Å². The molecule has 1 heterocycles. The van der Waals surface area contributed by atoms with Crippen LogP contribution in [-0.2, 0) is 14.4 Å². The SMILES string of the molecule is CC(=O)N1CCN(C(=O)COc2ccccc2)C(C(N)=O)C1. The van der Waals surface area contributed by atoms with Gasteiger partial charge in [0.15, 0.2) is 6.61 Å². The zero-order valence-electron chi connectivity index (χ0n) is 12.4. The van der Waals surface area contributed by atoms with Gasteiger partial charge in [-0.1, -0.05) is 18.2 Å². The van der Waals surface area contributed by atoms with E-state index >= 15 is 0 Å². The molecule has 0 aliphatic carbocycles. The fourth-order valence-corrected chi connectivity index (χ4v) is 2.36. The van der Waals surface area contributed by atoms with Gasteiger partial charge < -0.3 is 20.3 Å². The number of para-hydroxylation sites is 1. The summed E-state index contributed by atoms with van der Waals surface area (Å²) < 4.78 is 5.40. The molecular weight excluding hydrogens is 286 g/mol. The number of ether oxygens (including phenoxy) is 1. The number of carbonyl (C=O) groups excluding carboxylic acids is 3. The van der Waals surface area contributed by atoms with E-state index in [1.807, 2.05) is 6.07 Å². The monoisotopic (exact) mass is 305 g/mol. The maximum Gasteiger partial charge on any atom is 0.261 e. The lowest BCUT2D eigenvalue weighted by Crippen LogP contribution is -2.61. The topological polar surface area (TPSA) is 92.9 Å². The summed E-state index contributed by atoms with van der Waals surface area (Å²) >= 11 is 0. The van der Waals surface area contributed by atoms with Crippen LogP contribution in [0.1, 0.15) is 6.92 Å². The van der Waals surface area contributed by atoms with Gasteiger partial charge in [-0.25, -0.2) is 0 Å². The molecule has 0 saturated carbocycles. The lowest BCUT2D eigenvalue weighted by atomic mass is 10.1. The quantitative estimate of drug-likeness (QED) is 0.820. The van der Waals surface area contributed by atoms with Crippen LogP contribution in [0.2, 0.25) is 0 Å². The molecule has 1 aliphatic heterocycles. The van der Waals surface area contributed by atoms with E-state index in [1.54, 1.807) is 24.3 Å². The molecule has 0 bridgehead atoms. The van der Waals surface area contributed by atoms with Crippen LogP contribution in [-0.4, -0.2) is 59.8 Å². The fraction of sp³-hybridized carbons (Fsp3) is 0.400. The Morgan fingerprint density at radius 1 is 1.23 bits per heavy atom. The number of benzene rings is 1. The van der Waals surface area contributed by atoms with Crippen LogP contribution in [0, 0.1) is 0 Å². The summed E-state index contributed by atoms with van der Waals surface area (Å²) in [6.07, 6.45) is 0. The average Bonchev–Trinajstić information content (AvgIpc) is 2.52. The summed E-state index contributed by atoms with van der Waals surface area (Å²) in [5, 5.41) is 0.